The lowest BCUT2D eigenvalue weighted by Gasteiger charge is -2.24. The first-order chi connectivity index (χ1) is 14.8. The summed E-state index contributed by atoms with van der Waals surface area (Å²) >= 11 is 12.0. The van der Waals surface area contributed by atoms with Gasteiger partial charge in [-0.15, -0.1) is 0 Å². The molecule has 1 heterocycles. The number of hydrazone groups is 1. The number of carboxylic acids is 2. The molecule has 2 N–H and O–H groups in total. The molecule has 1 aliphatic heterocycles. The van der Waals surface area contributed by atoms with Gasteiger partial charge in [0, 0.05) is 16.5 Å². The smallest absolute Gasteiger partial charge is 0.335 e. The maximum absolute atomic E-state index is 11.6. The Labute approximate surface area is 188 Å². The van der Waals surface area contributed by atoms with Gasteiger partial charge in [-0.25, -0.2) is 9.59 Å². The monoisotopic (exact) mass is 454 g/mol. The first-order valence-corrected chi connectivity index (χ1v) is 10.1. The zero-order chi connectivity index (χ0) is 22.1. The maximum atomic E-state index is 11.6. The summed E-state index contributed by atoms with van der Waals surface area (Å²) in [6, 6.07) is 18.3. The van der Waals surface area contributed by atoms with Crippen molar-refractivity contribution in [2.24, 2.45) is 5.10 Å². The number of carboxylic acid groups (broad SMARTS) is 2. The molecule has 0 fully saturated rings. The molecule has 8 heteroatoms. The molecule has 0 bridgehead atoms. The summed E-state index contributed by atoms with van der Waals surface area (Å²) < 4.78 is 0. The summed E-state index contributed by atoms with van der Waals surface area (Å²) in [5.74, 6) is -2.43. The largest absolute Gasteiger partial charge is 0.478 e. The average molecular weight is 455 g/mol. The highest BCUT2D eigenvalue weighted by Gasteiger charge is 2.31. The van der Waals surface area contributed by atoms with Crippen molar-refractivity contribution in [1.82, 2.24) is 0 Å². The molecule has 1 aliphatic rings. The van der Waals surface area contributed by atoms with E-state index in [0.29, 0.717) is 22.2 Å². The Balaban J connectivity index is 1.84. The minimum atomic E-state index is -1.21. The Morgan fingerprint density at radius 3 is 1.87 bits per heavy atom. The number of benzene rings is 3. The van der Waals surface area contributed by atoms with Gasteiger partial charge in [-0.1, -0.05) is 47.5 Å². The topological polar surface area (TPSA) is 90.2 Å². The first-order valence-electron chi connectivity index (χ1n) is 9.31. The Hall–Kier alpha value is -3.35. The molecule has 0 spiro atoms. The Morgan fingerprint density at radius 2 is 1.35 bits per heavy atom. The van der Waals surface area contributed by atoms with Crippen LogP contribution in [0.3, 0.4) is 0 Å². The lowest BCUT2D eigenvalue weighted by atomic mass is 9.98. The standard InChI is InChI=1S/C23H16Cl2N2O4/c24-17-5-1-13(2-6-17)20-12-21(14-3-7-18(25)8-4-14)27(26-20)19-10-15(22(28)29)9-16(11-19)23(30)31/h1-11,21H,12H2,(H,28,29)(H,30,31)/t21-/m0/s1. The van der Waals surface area contributed by atoms with E-state index in [9.17, 15) is 19.8 Å². The summed E-state index contributed by atoms with van der Waals surface area (Å²) in [6.45, 7) is 0. The van der Waals surface area contributed by atoms with Crippen LogP contribution in [0, 0.1) is 0 Å². The third-order valence-electron chi connectivity index (χ3n) is 5.02. The predicted molar refractivity (Wildman–Crippen MR) is 120 cm³/mol. The highest BCUT2D eigenvalue weighted by molar-refractivity contribution is 6.31. The third kappa shape index (κ3) is 4.40. The van der Waals surface area contributed by atoms with Gasteiger partial charge in [0.05, 0.1) is 28.6 Å². The van der Waals surface area contributed by atoms with E-state index >= 15 is 0 Å². The van der Waals surface area contributed by atoms with Gasteiger partial charge in [0.25, 0.3) is 0 Å². The van der Waals surface area contributed by atoms with Crippen LogP contribution in [-0.2, 0) is 0 Å². The highest BCUT2D eigenvalue weighted by atomic mass is 35.5. The van der Waals surface area contributed by atoms with Gasteiger partial charge >= 0.3 is 11.9 Å². The fourth-order valence-corrected chi connectivity index (χ4v) is 3.75. The van der Waals surface area contributed by atoms with Crippen molar-refractivity contribution in [3.8, 4) is 0 Å². The zero-order valence-corrected chi connectivity index (χ0v) is 17.5. The van der Waals surface area contributed by atoms with Gasteiger partial charge in [-0.3, -0.25) is 5.01 Å². The van der Waals surface area contributed by atoms with Crippen LogP contribution in [0.15, 0.2) is 71.8 Å². The lowest BCUT2D eigenvalue weighted by Crippen LogP contribution is -2.19. The molecule has 6 nitrogen and oxygen atoms in total. The molecule has 0 aliphatic carbocycles. The van der Waals surface area contributed by atoms with E-state index < -0.39 is 11.9 Å². The molecule has 0 saturated heterocycles. The Morgan fingerprint density at radius 1 is 0.839 bits per heavy atom. The number of aromatic carboxylic acids is 2. The van der Waals surface area contributed by atoms with Crippen LogP contribution >= 0.6 is 23.2 Å². The molecule has 156 valence electrons. The summed E-state index contributed by atoms with van der Waals surface area (Å²) in [6.07, 6.45) is 0.531. The number of halogens is 2. The Kier molecular flexibility index (Phi) is 5.67. The quantitative estimate of drug-likeness (QED) is 0.512. The molecule has 0 aromatic heterocycles. The van der Waals surface area contributed by atoms with Crippen LogP contribution in [0.5, 0.6) is 0 Å². The molecule has 31 heavy (non-hydrogen) atoms. The van der Waals surface area contributed by atoms with E-state index in [-0.39, 0.29) is 17.2 Å². The van der Waals surface area contributed by atoms with Gasteiger partial charge in [0.1, 0.15) is 0 Å². The predicted octanol–water partition coefficient (Wildman–Crippen LogP) is 5.75. The molecule has 0 unspecified atom stereocenters. The fraction of sp³-hybridized carbons (Fsp3) is 0.0870. The first kappa shape index (κ1) is 20.9. The molecular formula is C23H16Cl2N2O4. The number of anilines is 1. The SMILES string of the molecule is O=C(O)c1cc(C(=O)O)cc(N2N=C(c3ccc(Cl)cc3)C[C@H]2c2ccc(Cl)cc2)c1. The summed E-state index contributed by atoms with van der Waals surface area (Å²) in [5.41, 5.74) is 2.68. The summed E-state index contributed by atoms with van der Waals surface area (Å²) in [5, 5.41) is 26.5. The molecule has 3 aromatic rings. The molecule has 4 rings (SSSR count). The normalized spacial score (nSPS) is 15.6. The zero-order valence-electron chi connectivity index (χ0n) is 16.0. The molecule has 0 radical (unpaired) electrons. The number of carbonyl (C=O) groups is 2. The van der Waals surface area contributed by atoms with Crippen LogP contribution < -0.4 is 5.01 Å². The second kappa shape index (κ2) is 8.41. The van der Waals surface area contributed by atoms with Crippen molar-refractivity contribution in [1.29, 1.82) is 0 Å². The minimum absolute atomic E-state index is 0.125. The van der Waals surface area contributed by atoms with Crippen LogP contribution in [0.25, 0.3) is 0 Å². The third-order valence-corrected chi connectivity index (χ3v) is 5.52. The van der Waals surface area contributed by atoms with E-state index in [1.54, 1.807) is 29.3 Å². The number of hydrogen-bond acceptors (Lipinski definition) is 4. The van der Waals surface area contributed by atoms with Gasteiger partial charge in [0.2, 0.25) is 0 Å². The summed E-state index contributed by atoms with van der Waals surface area (Å²) in [4.78, 5) is 23.2. The van der Waals surface area contributed by atoms with Crippen molar-refractivity contribution in [2.75, 3.05) is 5.01 Å². The van der Waals surface area contributed by atoms with E-state index in [1.807, 2.05) is 24.3 Å². The molecular weight excluding hydrogens is 439 g/mol. The van der Waals surface area contributed by atoms with Crippen molar-refractivity contribution in [3.63, 3.8) is 0 Å². The van der Waals surface area contributed by atoms with Crippen LogP contribution in [0.1, 0.15) is 44.3 Å². The highest BCUT2D eigenvalue weighted by Crippen LogP contribution is 2.38. The van der Waals surface area contributed by atoms with Crippen LogP contribution in [0.4, 0.5) is 5.69 Å². The molecule has 0 saturated carbocycles. The average Bonchev–Trinajstić information content (AvgIpc) is 3.20. The van der Waals surface area contributed by atoms with Gasteiger partial charge in [0.15, 0.2) is 0 Å². The number of hydrogen-bond donors (Lipinski definition) is 2. The summed E-state index contributed by atoms with van der Waals surface area (Å²) in [7, 11) is 0. The molecule has 1 atom stereocenters. The number of nitrogens with zero attached hydrogens (tertiary/aromatic N) is 2. The van der Waals surface area contributed by atoms with Crippen LogP contribution in [-0.4, -0.2) is 27.9 Å². The van der Waals surface area contributed by atoms with E-state index in [0.717, 1.165) is 22.9 Å². The van der Waals surface area contributed by atoms with Crippen LogP contribution in [0.2, 0.25) is 10.0 Å². The lowest BCUT2D eigenvalue weighted by molar-refractivity contribution is 0.0696. The molecule has 3 aromatic carbocycles. The molecule has 0 amide bonds. The van der Waals surface area contributed by atoms with E-state index in [2.05, 4.69) is 0 Å². The van der Waals surface area contributed by atoms with Gasteiger partial charge in [-0.2, -0.15) is 5.10 Å². The second-order valence-electron chi connectivity index (χ2n) is 7.05. The van der Waals surface area contributed by atoms with E-state index in [4.69, 9.17) is 28.3 Å². The van der Waals surface area contributed by atoms with Crippen molar-refractivity contribution in [2.45, 2.75) is 12.5 Å². The van der Waals surface area contributed by atoms with Gasteiger partial charge < -0.3 is 10.2 Å². The van der Waals surface area contributed by atoms with Crippen molar-refractivity contribution < 1.29 is 19.8 Å². The fourth-order valence-electron chi connectivity index (χ4n) is 3.50. The maximum Gasteiger partial charge on any atom is 0.335 e. The minimum Gasteiger partial charge on any atom is -0.478 e. The second-order valence-corrected chi connectivity index (χ2v) is 7.92. The Bertz CT molecular complexity index is 1160. The number of rotatable bonds is 5. The van der Waals surface area contributed by atoms with Crippen molar-refractivity contribution >= 4 is 46.5 Å². The van der Waals surface area contributed by atoms with Gasteiger partial charge in [-0.05, 0) is 53.6 Å². The van der Waals surface area contributed by atoms with Crippen molar-refractivity contribution in [3.05, 3.63) is 99.0 Å². The van der Waals surface area contributed by atoms with E-state index in [1.165, 1.54) is 12.1 Å².